The molecule has 0 spiro atoms. The molecule has 0 amide bonds. The average molecular weight is 349 g/mol. The van der Waals surface area contributed by atoms with Crippen LogP contribution in [-0.2, 0) is 10.0 Å². The van der Waals surface area contributed by atoms with Crippen molar-refractivity contribution < 1.29 is 13.2 Å². The molecule has 0 saturated heterocycles. The van der Waals surface area contributed by atoms with E-state index in [1.165, 1.54) is 7.11 Å². The smallest absolute Gasteiger partial charge is 0.245 e. The van der Waals surface area contributed by atoms with Gasteiger partial charge in [-0.15, -0.1) is 12.4 Å². The number of halogens is 1. The number of nitrogens with one attached hydrogen (secondary N) is 1. The second-order valence-electron chi connectivity index (χ2n) is 5.91. The summed E-state index contributed by atoms with van der Waals surface area (Å²) in [6.45, 7) is 4.02. The molecule has 1 aromatic rings. The number of rotatable bonds is 5. The fourth-order valence-corrected chi connectivity index (χ4v) is 5.00. The van der Waals surface area contributed by atoms with Crippen LogP contribution >= 0.6 is 12.4 Å². The lowest BCUT2D eigenvalue weighted by Gasteiger charge is -2.29. The van der Waals surface area contributed by atoms with Crippen LogP contribution in [0, 0.1) is 13.8 Å². The van der Waals surface area contributed by atoms with Gasteiger partial charge in [-0.3, -0.25) is 0 Å². The van der Waals surface area contributed by atoms with E-state index in [0.29, 0.717) is 17.9 Å². The number of aryl methyl sites for hydroxylation is 2. The molecule has 0 bridgehead atoms. The molecule has 126 valence electrons. The van der Waals surface area contributed by atoms with E-state index in [9.17, 15) is 8.42 Å². The lowest BCUT2D eigenvalue weighted by Crippen LogP contribution is -2.51. The molecule has 1 saturated carbocycles. The zero-order valence-electron chi connectivity index (χ0n) is 13.3. The number of hydrogen-bond acceptors (Lipinski definition) is 4. The highest BCUT2D eigenvalue weighted by Crippen LogP contribution is 2.34. The Morgan fingerprint density at radius 2 is 1.86 bits per heavy atom. The van der Waals surface area contributed by atoms with Crippen LogP contribution in [0.4, 0.5) is 0 Å². The van der Waals surface area contributed by atoms with Gasteiger partial charge in [-0.05, 0) is 43.9 Å². The molecule has 1 aromatic carbocycles. The van der Waals surface area contributed by atoms with E-state index in [4.69, 9.17) is 10.5 Å². The Balaban J connectivity index is 0.00000242. The fourth-order valence-electron chi connectivity index (χ4n) is 3.15. The summed E-state index contributed by atoms with van der Waals surface area (Å²) in [6, 6.07) is 3.59. The molecule has 0 aliphatic heterocycles. The first-order valence-electron chi connectivity index (χ1n) is 7.23. The van der Waals surface area contributed by atoms with Gasteiger partial charge >= 0.3 is 0 Å². The first-order valence-corrected chi connectivity index (χ1v) is 8.71. The van der Waals surface area contributed by atoms with Crippen LogP contribution in [0.1, 0.15) is 36.8 Å². The molecule has 1 fully saturated rings. The quantitative estimate of drug-likeness (QED) is 0.855. The molecule has 0 heterocycles. The summed E-state index contributed by atoms with van der Waals surface area (Å²) in [5.41, 5.74) is 6.97. The summed E-state index contributed by atoms with van der Waals surface area (Å²) in [6.07, 6.45) is 3.58. The van der Waals surface area contributed by atoms with Crippen LogP contribution in [0.25, 0.3) is 0 Å². The van der Waals surface area contributed by atoms with Gasteiger partial charge in [0.05, 0.1) is 7.11 Å². The SMILES string of the molecule is COc1cc(C)cc(C)c1S(=O)(=O)NC1(CN)CCCC1.Cl. The minimum Gasteiger partial charge on any atom is -0.495 e. The van der Waals surface area contributed by atoms with Crippen molar-refractivity contribution in [1.82, 2.24) is 4.72 Å². The Bertz CT molecular complexity index is 626. The monoisotopic (exact) mass is 348 g/mol. The maximum atomic E-state index is 12.8. The largest absolute Gasteiger partial charge is 0.495 e. The van der Waals surface area contributed by atoms with Crippen LogP contribution < -0.4 is 15.2 Å². The summed E-state index contributed by atoms with van der Waals surface area (Å²) < 4.78 is 33.7. The van der Waals surface area contributed by atoms with E-state index in [-0.39, 0.29) is 17.3 Å². The summed E-state index contributed by atoms with van der Waals surface area (Å²) >= 11 is 0. The highest BCUT2D eigenvalue weighted by molar-refractivity contribution is 7.89. The molecule has 0 unspecified atom stereocenters. The molecule has 0 radical (unpaired) electrons. The fraction of sp³-hybridized carbons (Fsp3) is 0.600. The van der Waals surface area contributed by atoms with Crippen molar-refractivity contribution >= 4 is 22.4 Å². The summed E-state index contributed by atoms with van der Waals surface area (Å²) in [5, 5.41) is 0. The van der Waals surface area contributed by atoms with Crippen molar-refractivity contribution in [3.8, 4) is 5.75 Å². The molecule has 1 aliphatic rings. The first-order chi connectivity index (χ1) is 9.83. The highest BCUT2D eigenvalue weighted by atomic mass is 35.5. The first kappa shape index (κ1) is 19.2. The Morgan fingerprint density at radius 1 is 1.27 bits per heavy atom. The molecule has 3 N–H and O–H groups in total. The lowest BCUT2D eigenvalue weighted by atomic mass is 10.0. The zero-order chi connectivity index (χ0) is 15.7. The number of nitrogens with two attached hydrogens (primary N) is 1. The Labute approximate surface area is 139 Å². The van der Waals surface area contributed by atoms with Gasteiger partial charge in [0.1, 0.15) is 10.6 Å². The molecule has 5 nitrogen and oxygen atoms in total. The highest BCUT2D eigenvalue weighted by Gasteiger charge is 2.38. The molecule has 0 atom stereocenters. The topological polar surface area (TPSA) is 81.4 Å². The maximum Gasteiger partial charge on any atom is 0.245 e. The molecule has 1 aliphatic carbocycles. The van der Waals surface area contributed by atoms with Gasteiger partial charge in [0.25, 0.3) is 0 Å². The summed E-state index contributed by atoms with van der Waals surface area (Å²) in [7, 11) is -2.17. The third-order valence-electron chi connectivity index (χ3n) is 4.18. The van der Waals surface area contributed by atoms with Gasteiger partial charge in [-0.25, -0.2) is 13.1 Å². The van der Waals surface area contributed by atoms with Gasteiger partial charge in [-0.2, -0.15) is 0 Å². The second-order valence-corrected chi connectivity index (χ2v) is 7.53. The van der Waals surface area contributed by atoms with Gasteiger partial charge in [0.15, 0.2) is 0 Å². The van der Waals surface area contributed by atoms with E-state index in [0.717, 1.165) is 31.2 Å². The van der Waals surface area contributed by atoms with Crippen molar-refractivity contribution in [3.63, 3.8) is 0 Å². The molecule has 0 aromatic heterocycles. The van der Waals surface area contributed by atoms with E-state index in [1.54, 1.807) is 13.0 Å². The standard InChI is InChI=1S/C15H24N2O3S.ClH/c1-11-8-12(2)14(13(9-11)20-3)21(18,19)17-15(10-16)6-4-5-7-15;/h8-9,17H,4-7,10,16H2,1-3H3;1H. The lowest BCUT2D eigenvalue weighted by molar-refractivity contribution is 0.388. The van der Waals surface area contributed by atoms with Crippen LogP contribution in [-0.4, -0.2) is 27.6 Å². The minimum atomic E-state index is -3.66. The van der Waals surface area contributed by atoms with E-state index < -0.39 is 15.6 Å². The van der Waals surface area contributed by atoms with Crippen molar-refractivity contribution in [2.75, 3.05) is 13.7 Å². The van der Waals surface area contributed by atoms with Gasteiger partial charge in [-0.1, -0.05) is 18.9 Å². The van der Waals surface area contributed by atoms with Crippen LogP contribution in [0.3, 0.4) is 0 Å². The normalized spacial score (nSPS) is 17.1. The molecule has 22 heavy (non-hydrogen) atoms. The Morgan fingerprint density at radius 3 is 2.36 bits per heavy atom. The number of hydrogen-bond donors (Lipinski definition) is 2. The molecular formula is C15H25ClN2O3S. The number of ether oxygens (including phenoxy) is 1. The number of methoxy groups -OCH3 is 1. The molecule has 2 rings (SSSR count). The number of benzene rings is 1. The van der Waals surface area contributed by atoms with Gasteiger partial charge in [0.2, 0.25) is 10.0 Å². The third-order valence-corrected chi connectivity index (χ3v) is 5.94. The predicted octanol–water partition coefficient (Wildman–Crippen LogP) is 2.28. The van der Waals surface area contributed by atoms with Crippen molar-refractivity contribution in [2.45, 2.75) is 50.0 Å². The van der Waals surface area contributed by atoms with Crippen molar-refractivity contribution in [1.29, 1.82) is 0 Å². The van der Waals surface area contributed by atoms with E-state index >= 15 is 0 Å². The predicted molar refractivity (Wildman–Crippen MR) is 90.3 cm³/mol. The van der Waals surface area contributed by atoms with Crippen LogP contribution in [0.2, 0.25) is 0 Å². The summed E-state index contributed by atoms with van der Waals surface area (Å²) in [5.74, 6) is 0.380. The second kappa shape index (κ2) is 7.17. The summed E-state index contributed by atoms with van der Waals surface area (Å²) in [4.78, 5) is 0.218. The average Bonchev–Trinajstić information content (AvgIpc) is 2.85. The van der Waals surface area contributed by atoms with Crippen molar-refractivity contribution in [3.05, 3.63) is 23.3 Å². The van der Waals surface area contributed by atoms with Gasteiger partial charge in [0, 0.05) is 12.1 Å². The molecular weight excluding hydrogens is 324 g/mol. The Kier molecular flexibility index (Phi) is 6.27. The van der Waals surface area contributed by atoms with Crippen LogP contribution in [0.5, 0.6) is 5.75 Å². The van der Waals surface area contributed by atoms with E-state index in [1.807, 2.05) is 13.0 Å². The Hall–Kier alpha value is -0.820. The van der Waals surface area contributed by atoms with Crippen molar-refractivity contribution in [2.24, 2.45) is 5.73 Å². The van der Waals surface area contributed by atoms with E-state index in [2.05, 4.69) is 4.72 Å². The maximum absolute atomic E-state index is 12.8. The number of sulfonamides is 1. The minimum absolute atomic E-state index is 0. The van der Waals surface area contributed by atoms with Gasteiger partial charge < -0.3 is 10.5 Å². The zero-order valence-corrected chi connectivity index (χ0v) is 14.9. The van der Waals surface area contributed by atoms with Crippen LogP contribution in [0.15, 0.2) is 17.0 Å². The third kappa shape index (κ3) is 3.74. The molecule has 7 heteroatoms.